The third-order valence-electron chi connectivity index (χ3n) is 2.42. The van der Waals surface area contributed by atoms with Crippen LogP contribution in [0, 0.1) is 0 Å². The molecule has 2 heterocycles. The molecule has 0 saturated carbocycles. The smallest absolute Gasteiger partial charge is 0.323 e. The van der Waals surface area contributed by atoms with E-state index in [0.717, 1.165) is 16.5 Å². The second-order valence-corrected chi connectivity index (χ2v) is 5.88. The zero-order valence-electron chi connectivity index (χ0n) is 11.1. The number of aromatic nitrogens is 1. The molecular formula is C13H16N2O3S2. The van der Waals surface area contributed by atoms with E-state index in [0.29, 0.717) is 18.1 Å². The van der Waals surface area contributed by atoms with Crippen molar-refractivity contribution in [2.45, 2.75) is 18.7 Å². The summed E-state index contributed by atoms with van der Waals surface area (Å²) in [6.45, 7) is 2.12. The number of carbonyl (C=O) groups excluding carboxylic acids is 1. The Kier molecular flexibility index (Phi) is 5.63. The molecule has 108 valence electrons. The third kappa shape index (κ3) is 4.09. The van der Waals surface area contributed by atoms with E-state index in [9.17, 15) is 4.79 Å². The quantitative estimate of drug-likeness (QED) is 0.792. The van der Waals surface area contributed by atoms with E-state index in [-0.39, 0.29) is 5.97 Å². The van der Waals surface area contributed by atoms with Gasteiger partial charge in [-0.3, -0.25) is 4.79 Å². The number of ether oxygens (including phenoxy) is 1. The van der Waals surface area contributed by atoms with Crippen LogP contribution < -0.4 is 5.73 Å². The number of furan rings is 1. The lowest BCUT2D eigenvalue weighted by Gasteiger charge is -2.09. The number of hydrogen-bond donors (Lipinski definition) is 1. The molecule has 0 spiro atoms. The number of thiazole rings is 1. The lowest BCUT2D eigenvalue weighted by molar-refractivity contribution is -0.144. The summed E-state index contributed by atoms with van der Waals surface area (Å²) in [5.41, 5.74) is 6.68. The molecule has 1 atom stereocenters. The highest BCUT2D eigenvalue weighted by Crippen LogP contribution is 2.25. The van der Waals surface area contributed by atoms with Crippen LogP contribution in [-0.2, 0) is 15.3 Å². The van der Waals surface area contributed by atoms with Gasteiger partial charge in [-0.05, 0) is 19.1 Å². The van der Waals surface area contributed by atoms with Crippen molar-refractivity contribution < 1.29 is 13.9 Å². The van der Waals surface area contributed by atoms with Crippen molar-refractivity contribution in [2.75, 3.05) is 12.4 Å². The fourth-order valence-corrected chi connectivity index (χ4v) is 3.25. The average Bonchev–Trinajstić information content (AvgIpc) is 3.09. The predicted octanol–water partition coefficient (Wildman–Crippen LogP) is 2.53. The van der Waals surface area contributed by atoms with E-state index in [1.54, 1.807) is 24.9 Å². The summed E-state index contributed by atoms with van der Waals surface area (Å²) in [7, 11) is 0. The summed E-state index contributed by atoms with van der Waals surface area (Å²) < 4.78 is 10.2. The Bertz CT molecular complexity index is 540. The molecule has 1 unspecified atom stereocenters. The van der Waals surface area contributed by atoms with E-state index >= 15 is 0 Å². The summed E-state index contributed by atoms with van der Waals surface area (Å²) in [5.74, 6) is 1.65. The maximum atomic E-state index is 11.4. The molecule has 0 fully saturated rings. The van der Waals surface area contributed by atoms with Crippen molar-refractivity contribution in [3.05, 3.63) is 29.5 Å². The maximum absolute atomic E-state index is 11.4. The average molecular weight is 312 g/mol. The molecule has 2 rings (SSSR count). The molecular weight excluding hydrogens is 296 g/mol. The summed E-state index contributed by atoms with van der Waals surface area (Å²) >= 11 is 3.11. The first-order chi connectivity index (χ1) is 9.70. The minimum atomic E-state index is -0.580. The number of hydrogen-bond acceptors (Lipinski definition) is 7. The molecule has 5 nitrogen and oxygen atoms in total. The number of thioether (sulfide) groups is 1. The fraction of sp³-hybridized carbons (Fsp3) is 0.385. The van der Waals surface area contributed by atoms with Crippen LogP contribution in [-0.4, -0.2) is 29.4 Å². The Morgan fingerprint density at radius 1 is 1.65 bits per heavy atom. The summed E-state index contributed by atoms with van der Waals surface area (Å²) in [5, 5.41) is 2.85. The van der Waals surface area contributed by atoms with Gasteiger partial charge in [-0.15, -0.1) is 11.3 Å². The number of rotatable bonds is 7. The van der Waals surface area contributed by atoms with E-state index in [2.05, 4.69) is 4.98 Å². The topological polar surface area (TPSA) is 78.4 Å². The van der Waals surface area contributed by atoms with Crippen LogP contribution in [0.2, 0.25) is 0 Å². The summed E-state index contributed by atoms with van der Waals surface area (Å²) in [4.78, 5) is 15.8. The van der Waals surface area contributed by atoms with E-state index in [4.69, 9.17) is 14.9 Å². The van der Waals surface area contributed by atoms with Crippen LogP contribution >= 0.6 is 23.1 Å². The number of nitrogens with two attached hydrogens (primary N) is 1. The Balaban J connectivity index is 1.79. The van der Waals surface area contributed by atoms with Crippen LogP contribution in [0.5, 0.6) is 0 Å². The molecule has 7 heteroatoms. The molecule has 20 heavy (non-hydrogen) atoms. The molecule has 0 bridgehead atoms. The Labute approximate surface area is 125 Å². The van der Waals surface area contributed by atoms with Gasteiger partial charge >= 0.3 is 5.97 Å². The van der Waals surface area contributed by atoms with Gasteiger partial charge in [0.15, 0.2) is 10.8 Å². The Morgan fingerprint density at radius 2 is 2.50 bits per heavy atom. The normalized spacial score (nSPS) is 12.3. The van der Waals surface area contributed by atoms with Crippen LogP contribution in [0.4, 0.5) is 0 Å². The largest absolute Gasteiger partial charge is 0.465 e. The Morgan fingerprint density at radius 3 is 3.20 bits per heavy atom. The molecule has 2 aromatic rings. The lowest BCUT2D eigenvalue weighted by atomic mass is 10.4. The molecule has 0 radical (unpaired) electrons. The second kappa shape index (κ2) is 7.47. The van der Waals surface area contributed by atoms with Gasteiger partial charge < -0.3 is 14.9 Å². The monoisotopic (exact) mass is 312 g/mol. The van der Waals surface area contributed by atoms with E-state index in [1.165, 1.54) is 11.3 Å². The van der Waals surface area contributed by atoms with Gasteiger partial charge in [-0.2, -0.15) is 11.8 Å². The molecule has 0 aromatic carbocycles. The summed E-state index contributed by atoms with van der Waals surface area (Å²) in [6, 6.07) is 3.14. The third-order valence-corrected chi connectivity index (χ3v) is 4.42. The molecule has 0 aliphatic carbocycles. The second-order valence-electron chi connectivity index (χ2n) is 3.99. The molecule has 0 aliphatic rings. The lowest BCUT2D eigenvalue weighted by Crippen LogP contribution is -2.34. The minimum Gasteiger partial charge on any atom is -0.465 e. The zero-order chi connectivity index (χ0) is 14.4. The first-order valence-electron chi connectivity index (χ1n) is 6.19. The standard InChI is InChI=1S/C13H16N2O3S2/c1-2-17-13(16)10(14)8-19-6-9-7-20-12(15-9)11-4-3-5-18-11/h3-5,7,10H,2,6,8,14H2,1H3. The fourth-order valence-electron chi connectivity index (χ4n) is 1.49. The van der Waals surface area contributed by atoms with Crippen molar-refractivity contribution in [3.63, 3.8) is 0 Å². The van der Waals surface area contributed by atoms with Crippen molar-refractivity contribution in [3.8, 4) is 10.8 Å². The van der Waals surface area contributed by atoms with Crippen LogP contribution in [0.1, 0.15) is 12.6 Å². The van der Waals surface area contributed by atoms with Gasteiger partial charge in [0, 0.05) is 16.9 Å². The van der Waals surface area contributed by atoms with Gasteiger partial charge in [0.25, 0.3) is 0 Å². The van der Waals surface area contributed by atoms with Crippen LogP contribution in [0.15, 0.2) is 28.2 Å². The number of carbonyl (C=O) groups is 1. The summed E-state index contributed by atoms with van der Waals surface area (Å²) in [6.07, 6.45) is 1.63. The SMILES string of the molecule is CCOC(=O)C(N)CSCc1csc(-c2ccco2)n1. The van der Waals surface area contributed by atoms with E-state index in [1.807, 2.05) is 17.5 Å². The van der Waals surface area contributed by atoms with Gasteiger partial charge in [0.1, 0.15) is 6.04 Å². The number of nitrogens with zero attached hydrogens (tertiary/aromatic N) is 1. The molecule has 2 N–H and O–H groups in total. The zero-order valence-corrected chi connectivity index (χ0v) is 12.7. The van der Waals surface area contributed by atoms with Crippen molar-refractivity contribution in [1.29, 1.82) is 0 Å². The molecule has 0 saturated heterocycles. The highest BCUT2D eigenvalue weighted by atomic mass is 32.2. The highest BCUT2D eigenvalue weighted by molar-refractivity contribution is 7.98. The van der Waals surface area contributed by atoms with Crippen LogP contribution in [0.3, 0.4) is 0 Å². The van der Waals surface area contributed by atoms with Gasteiger partial charge in [0.05, 0.1) is 18.6 Å². The molecule has 0 amide bonds. The van der Waals surface area contributed by atoms with Crippen molar-refractivity contribution >= 4 is 29.1 Å². The predicted molar refractivity (Wildman–Crippen MR) is 80.6 cm³/mol. The molecule has 0 aliphatic heterocycles. The van der Waals surface area contributed by atoms with Gasteiger partial charge in [0.2, 0.25) is 0 Å². The Hall–Kier alpha value is -1.31. The molecule has 2 aromatic heterocycles. The maximum Gasteiger partial charge on any atom is 0.323 e. The van der Waals surface area contributed by atoms with Crippen molar-refractivity contribution in [2.24, 2.45) is 5.73 Å². The highest BCUT2D eigenvalue weighted by Gasteiger charge is 2.14. The van der Waals surface area contributed by atoms with Crippen LogP contribution in [0.25, 0.3) is 10.8 Å². The minimum absolute atomic E-state index is 0.352. The number of esters is 1. The van der Waals surface area contributed by atoms with Crippen molar-refractivity contribution in [1.82, 2.24) is 4.98 Å². The van der Waals surface area contributed by atoms with E-state index < -0.39 is 6.04 Å². The van der Waals surface area contributed by atoms with Gasteiger partial charge in [-0.1, -0.05) is 0 Å². The first kappa shape index (κ1) is 15.1. The van der Waals surface area contributed by atoms with Gasteiger partial charge in [-0.25, -0.2) is 4.98 Å². The first-order valence-corrected chi connectivity index (χ1v) is 8.22.